The molecule has 5 heteroatoms. The molecule has 0 aromatic carbocycles. The Balaban J connectivity index is 2.46. The molecular weight excluding hydrogens is 250 g/mol. The zero-order chi connectivity index (χ0) is 14.7. The highest BCUT2D eigenvalue weighted by Crippen LogP contribution is 2.22. The summed E-state index contributed by atoms with van der Waals surface area (Å²) in [6.07, 6.45) is 5.17. The molecule has 2 rings (SSSR count). The van der Waals surface area contributed by atoms with Crippen molar-refractivity contribution < 1.29 is 0 Å². The van der Waals surface area contributed by atoms with Crippen LogP contribution in [0.3, 0.4) is 0 Å². The zero-order valence-corrected chi connectivity index (χ0v) is 11.7. The molecule has 2 N–H and O–H groups in total. The first-order chi connectivity index (χ1) is 9.52. The maximum Gasteiger partial charge on any atom is 0.220 e. The van der Waals surface area contributed by atoms with Crippen LogP contribution in [0.4, 0.5) is 5.95 Å². The predicted octanol–water partition coefficient (Wildman–Crippen LogP) is 1.81. The first-order valence-corrected chi connectivity index (χ1v) is 6.13. The normalized spacial score (nSPS) is 11.4. The van der Waals surface area contributed by atoms with E-state index in [1.54, 1.807) is 6.20 Å². The van der Waals surface area contributed by atoms with E-state index in [1.807, 2.05) is 36.9 Å². The Hall–Kier alpha value is -2.69. The summed E-state index contributed by atoms with van der Waals surface area (Å²) in [6, 6.07) is 3.87. The molecule has 0 saturated heterocycles. The highest BCUT2D eigenvalue weighted by Gasteiger charge is 2.08. The molecule has 0 aliphatic rings. The smallest absolute Gasteiger partial charge is 0.220 e. The lowest BCUT2D eigenvalue weighted by Gasteiger charge is -2.10. The van der Waals surface area contributed by atoms with Crippen LogP contribution >= 0.6 is 0 Å². The van der Waals surface area contributed by atoms with Crippen molar-refractivity contribution in [1.29, 1.82) is 0 Å². The number of hydrogen-bond acceptors (Lipinski definition) is 4. The minimum atomic E-state index is 0.268. The SMILES string of the molecule is C=CN=c1ccc(C(=C)c2cnc(N)nc2C)cn1C. The summed E-state index contributed by atoms with van der Waals surface area (Å²) in [5.74, 6) is 0.268. The van der Waals surface area contributed by atoms with Crippen LogP contribution in [-0.4, -0.2) is 14.5 Å². The standard InChI is InChI=1S/C15H17N5/c1-5-17-14-7-6-12(9-20(14)4)10(2)13-8-18-15(16)19-11(13)3/h5-9H,1-2H2,3-4H3,(H2,16,18,19). The predicted molar refractivity (Wildman–Crippen MR) is 80.5 cm³/mol. The summed E-state index contributed by atoms with van der Waals surface area (Å²) in [6.45, 7) is 9.60. The van der Waals surface area contributed by atoms with Crippen molar-refractivity contribution in [2.24, 2.45) is 12.0 Å². The van der Waals surface area contributed by atoms with E-state index >= 15 is 0 Å². The van der Waals surface area contributed by atoms with Gasteiger partial charge in [-0.05, 0) is 30.2 Å². The van der Waals surface area contributed by atoms with Gasteiger partial charge in [0.05, 0.1) is 5.69 Å². The molecule has 0 amide bonds. The first kappa shape index (κ1) is 13.7. The van der Waals surface area contributed by atoms with Crippen molar-refractivity contribution in [2.75, 3.05) is 5.73 Å². The summed E-state index contributed by atoms with van der Waals surface area (Å²) >= 11 is 0. The van der Waals surface area contributed by atoms with E-state index in [-0.39, 0.29) is 5.95 Å². The Morgan fingerprint density at radius 3 is 2.80 bits per heavy atom. The Labute approximate surface area is 117 Å². The van der Waals surface area contributed by atoms with Gasteiger partial charge in [0.2, 0.25) is 5.95 Å². The molecule has 0 atom stereocenters. The second-order valence-electron chi connectivity index (χ2n) is 4.40. The maximum absolute atomic E-state index is 5.57. The van der Waals surface area contributed by atoms with Gasteiger partial charge in [-0.2, -0.15) is 0 Å². The van der Waals surface area contributed by atoms with Crippen molar-refractivity contribution in [2.45, 2.75) is 6.92 Å². The number of anilines is 1. The lowest BCUT2D eigenvalue weighted by Crippen LogP contribution is -2.16. The van der Waals surface area contributed by atoms with Crippen molar-refractivity contribution in [1.82, 2.24) is 14.5 Å². The summed E-state index contributed by atoms with van der Waals surface area (Å²) in [4.78, 5) is 12.3. The number of rotatable bonds is 3. The van der Waals surface area contributed by atoms with Crippen LogP contribution in [0.1, 0.15) is 16.8 Å². The van der Waals surface area contributed by atoms with Gasteiger partial charge in [-0.3, -0.25) is 0 Å². The molecule has 0 radical (unpaired) electrons. The van der Waals surface area contributed by atoms with Crippen molar-refractivity contribution >= 4 is 11.5 Å². The van der Waals surface area contributed by atoms with E-state index in [4.69, 9.17) is 5.73 Å². The van der Waals surface area contributed by atoms with Gasteiger partial charge < -0.3 is 10.3 Å². The molecule has 0 spiro atoms. The van der Waals surface area contributed by atoms with Gasteiger partial charge in [0.25, 0.3) is 0 Å². The summed E-state index contributed by atoms with van der Waals surface area (Å²) < 4.78 is 1.91. The van der Waals surface area contributed by atoms with Gasteiger partial charge in [-0.15, -0.1) is 0 Å². The third-order valence-corrected chi connectivity index (χ3v) is 3.00. The zero-order valence-electron chi connectivity index (χ0n) is 11.7. The molecule has 0 aliphatic carbocycles. The second kappa shape index (κ2) is 5.52. The van der Waals surface area contributed by atoms with Crippen LogP contribution in [0.2, 0.25) is 0 Å². The van der Waals surface area contributed by atoms with Gasteiger partial charge >= 0.3 is 0 Å². The Bertz CT molecular complexity index is 740. The Kier molecular flexibility index (Phi) is 3.79. The van der Waals surface area contributed by atoms with Crippen LogP contribution in [0.5, 0.6) is 0 Å². The maximum atomic E-state index is 5.57. The summed E-state index contributed by atoms with van der Waals surface area (Å²) in [5.41, 5.74) is 9.91. The summed E-state index contributed by atoms with van der Waals surface area (Å²) in [5, 5.41) is 0. The molecule has 20 heavy (non-hydrogen) atoms. The Morgan fingerprint density at radius 2 is 2.20 bits per heavy atom. The highest BCUT2D eigenvalue weighted by atomic mass is 15.0. The minimum Gasteiger partial charge on any atom is -0.368 e. The fraction of sp³-hybridized carbons (Fsp3) is 0.133. The lowest BCUT2D eigenvalue weighted by atomic mass is 10.0. The number of hydrogen-bond donors (Lipinski definition) is 1. The highest BCUT2D eigenvalue weighted by molar-refractivity contribution is 5.78. The van der Waals surface area contributed by atoms with Gasteiger partial charge in [-0.25, -0.2) is 15.0 Å². The van der Waals surface area contributed by atoms with Gasteiger partial charge in [0, 0.05) is 31.2 Å². The van der Waals surface area contributed by atoms with E-state index < -0.39 is 0 Å². The molecule has 0 unspecified atom stereocenters. The molecular formula is C15H17N5. The van der Waals surface area contributed by atoms with E-state index in [0.29, 0.717) is 0 Å². The third kappa shape index (κ3) is 2.66. The first-order valence-electron chi connectivity index (χ1n) is 6.13. The van der Waals surface area contributed by atoms with Crippen molar-refractivity contribution in [3.8, 4) is 0 Å². The average molecular weight is 267 g/mol. The van der Waals surface area contributed by atoms with Crippen LogP contribution in [0.15, 0.2) is 48.9 Å². The quantitative estimate of drug-likeness (QED) is 0.922. The van der Waals surface area contributed by atoms with Crippen LogP contribution in [-0.2, 0) is 7.05 Å². The molecule has 0 aliphatic heterocycles. The molecule has 2 heterocycles. The lowest BCUT2D eigenvalue weighted by molar-refractivity contribution is 0.831. The topological polar surface area (TPSA) is 69.1 Å². The van der Waals surface area contributed by atoms with Crippen molar-refractivity contribution in [3.63, 3.8) is 0 Å². The fourth-order valence-corrected chi connectivity index (χ4v) is 1.94. The monoisotopic (exact) mass is 267 g/mol. The molecule has 2 aromatic rings. The largest absolute Gasteiger partial charge is 0.368 e. The molecule has 0 fully saturated rings. The van der Waals surface area contributed by atoms with Crippen molar-refractivity contribution in [3.05, 3.63) is 66.2 Å². The molecule has 2 aromatic heterocycles. The molecule has 102 valence electrons. The van der Waals surface area contributed by atoms with E-state index in [0.717, 1.165) is 27.9 Å². The van der Waals surface area contributed by atoms with Gasteiger partial charge in [0.15, 0.2) is 0 Å². The third-order valence-electron chi connectivity index (χ3n) is 3.00. The number of aryl methyl sites for hydroxylation is 2. The van der Waals surface area contributed by atoms with E-state index in [2.05, 4.69) is 28.1 Å². The van der Waals surface area contributed by atoms with Gasteiger partial charge in [0.1, 0.15) is 5.49 Å². The van der Waals surface area contributed by atoms with Crippen LogP contribution in [0, 0.1) is 6.92 Å². The van der Waals surface area contributed by atoms with E-state index in [1.165, 1.54) is 6.20 Å². The number of nitrogens with zero attached hydrogens (tertiary/aromatic N) is 4. The number of pyridine rings is 1. The second-order valence-corrected chi connectivity index (χ2v) is 4.40. The number of aromatic nitrogens is 3. The molecule has 5 nitrogen and oxygen atoms in total. The summed E-state index contributed by atoms with van der Waals surface area (Å²) in [7, 11) is 1.92. The van der Waals surface area contributed by atoms with Crippen LogP contribution in [0.25, 0.3) is 5.57 Å². The minimum absolute atomic E-state index is 0.268. The molecule has 0 bridgehead atoms. The average Bonchev–Trinajstić information content (AvgIpc) is 2.40. The fourth-order valence-electron chi connectivity index (χ4n) is 1.94. The molecule has 0 saturated carbocycles. The number of nitrogens with two attached hydrogens (primary N) is 1. The van der Waals surface area contributed by atoms with E-state index in [9.17, 15) is 0 Å². The number of nitrogen functional groups attached to an aromatic ring is 1. The van der Waals surface area contributed by atoms with Gasteiger partial charge in [-0.1, -0.05) is 13.2 Å². The van der Waals surface area contributed by atoms with Crippen LogP contribution < -0.4 is 11.2 Å². The Morgan fingerprint density at radius 1 is 1.45 bits per heavy atom.